The molecule has 1 unspecified atom stereocenters. The summed E-state index contributed by atoms with van der Waals surface area (Å²) in [4.78, 5) is 20.1. The monoisotopic (exact) mass is 374 g/mol. The largest absolute Gasteiger partial charge is 0.383 e. The molecule has 1 amide bonds. The van der Waals surface area contributed by atoms with Crippen molar-refractivity contribution in [3.05, 3.63) is 30.0 Å². The molecule has 3 aromatic rings. The summed E-state index contributed by atoms with van der Waals surface area (Å²) in [5.74, 6) is -0.0536. The molecule has 0 fully saturated rings. The van der Waals surface area contributed by atoms with Gasteiger partial charge in [-0.25, -0.2) is 4.98 Å². The Morgan fingerprint density at radius 1 is 1.38 bits per heavy atom. The number of nitrogens with two attached hydrogens (primary N) is 2. The first-order chi connectivity index (χ1) is 12.6. The lowest BCUT2D eigenvalue weighted by Crippen LogP contribution is -2.33. The van der Waals surface area contributed by atoms with Gasteiger partial charge >= 0.3 is 0 Å². The second-order valence-electron chi connectivity index (χ2n) is 5.48. The maximum Gasteiger partial charge on any atom is 0.254 e. The van der Waals surface area contributed by atoms with Crippen LogP contribution in [0.3, 0.4) is 0 Å². The van der Waals surface area contributed by atoms with Gasteiger partial charge in [0.05, 0.1) is 24.0 Å². The SMILES string of the molecule is COCC(N)CNc1ncc(C(N)=O)c(Nc2cccc3nsnc23)n1. The van der Waals surface area contributed by atoms with Crippen LogP contribution in [0.2, 0.25) is 0 Å². The molecule has 1 atom stereocenters. The fraction of sp³-hybridized carbons (Fsp3) is 0.267. The van der Waals surface area contributed by atoms with Gasteiger partial charge in [0.2, 0.25) is 5.95 Å². The number of carbonyl (C=O) groups excluding carboxylic acids is 1. The number of nitrogens with one attached hydrogen (secondary N) is 2. The van der Waals surface area contributed by atoms with Gasteiger partial charge < -0.3 is 26.8 Å². The zero-order chi connectivity index (χ0) is 18.5. The van der Waals surface area contributed by atoms with Crippen LogP contribution in [0.4, 0.5) is 17.5 Å². The summed E-state index contributed by atoms with van der Waals surface area (Å²) in [6.45, 7) is 0.811. The highest BCUT2D eigenvalue weighted by Gasteiger charge is 2.15. The van der Waals surface area contributed by atoms with Crippen LogP contribution in [0.5, 0.6) is 0 Å². The summed E-state index contributed by atoms with van der Waals surface area (Å²) in [6, 6.07) is 5.28. The molecular formula is C15H18N8O2S. The Kier molecular flexibility index (Phi) is 5.51. The summed E-state index contributed by atoms with van der Waals surface area (Å²) in [7, 11) is 1.58. The lowest BCUT2D eigenvalue weighted by atomic mass is 10.2. The van der Waals surface area contributed by atoms with Gasteiger partial charge in [-0.1, -0.05) is 6.07 Å². The molecule has 2 aromatic heterocycles. The Hall–Kier alpha value is -2.89. The van der Waals surface area contributed by atoms with Gasteiger partial charge in [-0.2, -0.15) is 13.7 Å². The molecule has 136 valence electrons. The minimum atomic E-state index is -0.640. The molecule has 6 N–H and O–H groups in total. The predicted molar refractivity (Wildman–Crippen MR) is 99.6 cm³/mol. The van der Waals surface area contributed by atoms with E-state index in [1.807, 2.05) is 18.2 Å². The van der Waals surface area contributed by atoms with Crippen LogP contribution in [-0.4, -0.2) is 50.9 Å². The number of aromatic nitrogens is 4. The van der Waals surface area contributed by atoms with Crippen LogP contribution < -0.4 is 22.1 Å². The van der Waals surface area contributed by atoms with Crippen molar-refractivity contribution in [1.29, 1.82) is 0 Å². The second-order valence-corrected chi connectivity index (χ2v) is 6.01. The molecule has 0 bridgehead atoms. The van der Waals surface area contributed by atoms with Gasteiger partial charge in [-0.3, -0.25) is 4.79 Å². The van der Waals surface area contributed by atoms with Crippen molar-refractivity contribution in [3.8, 4) is 0 Å². The number of ether oxygens (including phenoxy) is 1. The molecule has 0 spiro atoms. The second kappa shape index (κ2) is 7.99. The topological polar surface area (TPSA) is 154 Å². The number of benzene rings is 1. The first-order valence-corrected chi connectivity index (χ1v) is 8.45. The molecule has 0 aliphatic heterocycles. The van der Waals surface area contributed by atoms with Crippen molar-refractivity contribution in [2.75, 3.05) is 30.9 Å². The van der Waals surface area contributed by atoms with Crippen LogP contribution in [0.25, 0.3) is 11.0 Å². The van der Waals surface area contributed by atoms with E-state index in [0.29, 0.717) is 30.3 Å². The fourth-order valence-corrected chi connectivity index (χ4v) is 2.82. The normalized spacial score (nSPS) is 12.1. The van der Waals surface area contributed by atoms with Crippen LogP contribution in [0.15, 0.2) is 24.4 Å². The van der Waals surface area contributed by atoms with Gasteiger partial charge in [-0.05, 0) is 12.1 Å². The van der Waals surface area contributed by atoms with Gasteiger partial charge in [0.1, 0.15) is 22.4 Å². The summed E-state index contributed by atoms with van der Waals surface area (Å²) in [5, 5.41) is 6.10. The molecule has 0 saturated heterocycles. The van der Waals surface area contributed by atoms with Gasteiger partial charge in [0.25, 0.3) is 5.91 Å². The summed E-state index contributed by atoms with van der Waals surface area (Å²) >= 11 is 1.10. The molecule has 26 heavy (non-hydrogen) atoms. The first-order valence-electron chi connectivity index (χ1n) is 7.72. The van der Waals surface area contributed by atoms with Gasteiger partial charge in [0.15, 0.2) is 0 Å². The number of anilines is 3. The standard InChI is InChI=1S/C15H18N8O2S/c1-25-7-8(16)5-18-15-19-6-9(13(17)24)14(21-15)20-10-3-2-4-11-12(10)23-26-22-11/h2-4,6,8H,5,7,16H2,1H3,(H2,17,24)(H2,18,19,20,21). The number of fused-ring (bicyclic) bond motifs is 1. The molecule has 11 heteroatoms. The maximum absolute atomic E-state index is 11.7. The van der Waals surface area contributed by atoms with Crippen LogP contribution >= 0.6 is 11.7 Å². The molecule has 0 aliphatic carbocycles. The first kappa shape index (κ1) is 17.9. The van der Waals surface area contributed by atoms with E-state index in [0.717, 1.165) is 17.2 Å². The minimum absolute atomic E-state index is 0.164. The predicted octanol–water partition coefficient (Wildman–Crippen LogP) is 0.709. The Labute approximate surface area is 153 Å². The van der Waals surface area contributed by atoms with Crippen molar-refractivity contribution >= 4 is 46.1 Å². The third-order valence-corrected chi connectivity index (χ3v) is 4.04. The maximum atomic E-state index is 11.7. The lowest BCUT2D eigenvalue weighted by Gasteiger charge is -2.14. The third-order valence-electron chi connectivity index (χ3n) is 3.50. The quantitative estimate of drug-likeness (QED) is 0.446. The van der Waals surface area contributed by atoms with Crippen LogP contribution in [-0.2, 0) is 4.74 Å². The molecule has 2 heterocycles. The van der Waals surface area contributed by atoms with Crippen molar-refractivity contribution in [2.24, 2.45) is 11.5 Å². The highest BCUT2D eigenvalue weighted by Crippen LogP contribution is 2.26. The van der Waals surface area contributed by atoms with Gasteiger partial charge in [-0.15, -0.1) is 0 Å². The number of methoxy groups -OCH3 is 1. The summed E-state index contributed by atoms with van der Waals surface area (Å²) in [6.07, 6.45) is 1.36. The number of nitrogens with zero attached hydrogens (tertiary/aromatic N) is 4. The van der Waals surface area contributed by atoms with Gasteiger partial charge in [0, 0.05) is 25.9 Å². The smallest absolute Gasteiger partial charge is 0.254 e. The Balaban J connectivity index is 1.87. The molecule has 3 rings (SSSR count). The molecule has 10 nitrogen and oxygen atoms in total. The van der Waals surface area contributed by atoms with E-state index in [4.69, 9.17) is 16.2 Å². The van der Waals surface area contributed by atoms with E-state index in [1.54, 1.807) is 7.11 Å². The fourth-order valence-electron chi connectivity index (χ4n) is 2.27. The third kappa shape index (κ3) is 4.02. The number of hydrogen-bond donors (Lipinski definition) is 4. The van der Waals surface area contributed by atoms with Crippen molar-refractivity contribution in [3.63, 3.8) is 0 Å². The Morgan fingerprint density at radius 2 is 2.23 bits per heavy atom. The minimum Gasteiger partial charge on any atom is -0.383 e. The number of amides is 1. The zero-order valence-electron chi connectivity index (χ0n) is 14.0. The van der Waals surface area contributed by atoms with Crippen LogP contribution in [0, 0.1) is 0 Å². The van der Waals surface area contributed by atoms with E-state index in [1.165, 1.54) is 6.20 Å². The molecule has 0 radical (unpaired) electrons. The van der Waals surface area contributed by atoms with E-state index in [2.05, 4.69) is 29.3 Å². The summed E-state index contributed by atoms with van der Waals surface area (Å²) in [5.41, 5.74) is 13.6. The van der Waals surface area contributed by atoms with Crippen molar-refractivity contribution in [1.82, 2.24) is 18.7 Å². The highest BCUT2D eigenvalue weighted by molar-refractivity contribution is 7.00. The van der Waals surface area contributed by atoms with Crippen molar-refractivity contribution in [2.45, 2.75) is 6.04 Å². The Bertz CT molecular complexity index is 916. The van der Waals surface area contributed by atoms with E-state index in [9.17, 15) is 4.79 Å². The van der Waals surface area contributed by atoms with Crippen molar-refractivity contribution < 1.29 is 9.53 Å². The van der Waals surface area contributed by atoms with E-state index in [-0.39, 0.29) is 17.4 Å². The van der Waals surface area contributed by atoms with Crippen LogP contribution in [0.1, 0.15) is 10.4 Å². The number of rotatable bonds is 8. The number of hydrogen-bond acceptors (Lipinski definition) is 10. The zero-order valence-corrected chi connectivity index (χ0v) is 14.8. The molecule has 1 aromatic carbocycles. The summed E-state index contributed by atoms with van der Waals surface area (Å²) < 4.78 is 13.4. The lowest BCUT2D eigenvalue weighted by molar-refractivity contribution is 0.100. The number of carbonyl (C=O) groups is 1. The average Bonchev–Trinajstić information content (AvgIpc) is 3.10. The average molecular weight is 374 g/mol. The number of primary amides is 1. The molecule has 0 saturated carbocycles. The highest BCUT2D eigenvalue weighted by atomic mass is 32.1. The molecule has 0 aliphatic rings. The Morgan fingerprint density at radius 3 is 3.00 bits per heavy atom. The molecular weight excluding hydrogens is 356 g/mol. The van der Waals surface area contributed by atoms with E-state index < -0.39 is 5.91 Å². The van der Waals surface area contributed by atoms with E-state index >= 15 is 0 Å².